The van der Waals surface area contributed by atoms with Gasteiger partial charge in [0.1, 0.15) is 11.6 Å². The van der Waals surface area contributed by atoms with Crippen molar-refractivity contribution in [2.24, 2.45) is 0 Å². The van der Waals surface area contributed by atoms with Gasteiger partial charge in [-0.3, -0.25) is 0 Å². The maximum absolute atomic E-state index is 14.1. The van der Waals surface area contributed by atoms with Crippen molar-refractivity contribution in [3.8, 4) is 34.1 Å². The molecule has 0 N–H and O–H groups in total. The zero-order valence-electron chi connectivity index (χ0n) is 15.6. The summed E-state index contributed by atoms with van der Waals surface area (Å²) in [5.74, 6) is 0.141. The monoisotopic (exact) mass is 400 g/mol. The summed E-state index contributed by atoms with van der Waals surface area (Å²) in [5, 5.41) is 0. The molecule has 3 rings (SSSR count). The number of alkyl halides is 3. The second-order valence-electron chi connectivity index (χ2n) is 6.59. The Labute approximate surface area is 166 Å². The SMILES string of the molecule is CCCc1ccc(-c2ccc(-c3cc(F)c(C#CC(F)(F)F)c(F)c3)cc2)cc1. The lowest BCUT2D eigenvalue weighted by atomic mass is 9.98. The molecule has 0 saturated carbocycles. The van der Waals surface area contributed by atoms with Crippen LogP contribution >= 0.6 is 0 Å². The number of halogens is 5. The Morgan fingerprint density at radius 1 is 0.724 bits per heavy atom. The topological polar surface area (TPSA) is 0 Å². The zero-order valence-corrected chi connectivity index (χ0v) is 15.6. The van der Waals surface area contributed by atoms with E-state index < -0.39 is 23.4 Å². The quantitative estimate of drug-likeness (QED) is 0.322. The van der Waals surface area contributed by atoms with Crippen molar-refractivity contribution in [3.63, 3.8) is 0 Å². The van der Waals surface area contributed by atoms with E-state index in [4.69, 9.17) is 0 Å². The van der Waals surface area contributed by atoms with Gasteiger partial charge in [0.05, 0.1) is 5.56 Å². The van der Waals surface area contributed by atoms with Crippen LogP contribution in [0.1, 0.15) is 24.5 Å². The smallest absolute Gasteiger partial charge is 0.205 e. The van der Waals surface area contributed by atoms with E-state index in [0.29, 0.717) is 5.56 Å². The average molecular weight is 400 g/mol. The summed E-state index contributed by atoms with van der Waals surface area (Å²) in [6.45, 7) is 2.12. The first-order valence-electron chi connectivity index (χ1n) is 9.05. The Hall–Kier alpha value is -3.13. The lowest BCUT2D eigenvalue weighted by Gasteiger charge is -2.08. The minimum absolute atomic E-state index is 0.224. The van der Waals surface area contributed by atoms with Crippen molar-refractivity contribution in [1.29, 1.82) is 0 Å². The van der Waals surface area contributed by atoms with Crippen LogP contribution < -0.4 is 0 Å². The Bertz CT molecular complexity index is 1030. The third-order valence-corrected chi connectivity index (χ3v) is 4.42. The molecule has 3 aromatic carbocycles. The van der Waals surface area contributed by atoms with Crippen molar-refractivity contribution in [3.05, 3.63) is 83.4 Å². The number of benzene rings is 3. The average Bonchev–Trinajstić information content (AvgIpc) is 2.67. The zero-order chi connectivity index (χ0) is 21.0. The predicted octanol–water partition coefficient (Wildman–Crippen LogP) is 7.17. The molecule has 0 fully saturated rings. The molecule has 0 aliphatic heterocycles. The molecule has 29 heavy (non-hydrogen) atoms. The van der Waals surface area contributed by atoms with Crippen LogP contribution in [0.15, 0.2) is 60.7 Å². The van der Waals surface area contributed by atoms with Crippen molar-refractivity contribution in [2.75, 3.05) is 0 Å². The van der Waals surface area contributed by atoms with Gasteiger partial charge >= 0.3 is 6.18 Å². The Morgan fingerprint density at radius 2 is 1.17 bits per heavy atom. The van der Waals surface area contributed by atoms with Gasteiger partial charge in [0, 0.05) is 5.92 Å². The molecule has 0 atom stereocenters. The number of hydrogen-bond acceptors (Lipinski definition) is 0. The van der Waals surface area contributed by atoms with Gasteiger partial charge in [-0.25, -0.2) is 8.78 Å². The van der Waals surface area contributed by atoms with Gasteiger partial charge in [0.2, 0.25) is 0 Å². The fourth-order valence-electron chi connectivity index (χ4n) is 3.00. The van der Waals surface area contributed by atoms with Gasteiger partial charge in [-0.2, -0.15) is 13.2 Å². The highest BCUT2D eigenvalue weighted by molar-refractivity contribution is 5.71. The van der Waals surface area contributed by atoms with Crippen LogP contribution in [0.5, 0.6) is 0 Å². The first kappa shape index (κ1) is 20.6. The van der Waals surface area contributed by atoms with Crippen LogP contribution in [0, 0.1) is 23.5 Å². The second-order valence-corrected chi connectivity index (χ2v) is 6.59. The molecule has 5 heteroatoms. The number of rotatable bonds is 4. The standard InChI is InChI=1S/C24H17F5/c1-2-3-16-4-6-17(7-5-16)18-8-10-19(11-9-18)20-14-22(25)21(23(26)15-20)12-13-24(27,28)29/h4-11,14-15H,2-3H2,1H3. The minimum atomic E-state index is -4.82. The summed E-state index contributed by atoms with van der Waals surface area (Å²) in [5.41, 5.74) is 3.10. The Kier molecular flexibility index (Phi) is 6.03. The number of hydrogen-bond donors (Lipinski definition) is 0. The molecule has 0 nitrogen and oxygen atoms in total. The summed E-state index contributed by atoms with van der Waals surface area (Å²) < 4.78 is 64.7. The molecule has 0 spiro atoms. The van der Waals surface area contributed by atoms with Gasteiger partial charge in [-0.15, -0.1) is 0 Å². The van der Waals surface area contributed by atoms with E-state index in [0.717, 1.165) is 42.0 Å². The summed E-state index contributed by atoms with van der Waals surface area (Å²) in [4.78, 5) is 0. The maximum Gasteiger partial charge on any atom is 0.458 e. The molecule has 0 aliphatic rings. The molecule has 0 saturated heterocycles. The third kappa shape index (κ3) is 5.23. The molecule has 3 aromatic rings. The summed E-state index contributed by atoms with van der Waals surface area (Å²) in [6, 6.07) is 17.2. The van der Waals surface area contributed by atoms with Crippen molar-refractivity contribution in [1.82, 2.24) is 0 Å². The van der Waals surface area contributed by atoms with E-state index in [1.54, 1.807) is 12.1 Å². The molecular formula is C24H17F5. The van der Waals surface area contributed by atoms with E-state index in [-0.39, 0.29) is 5.56 Å². The van der Waals surface area contributed by atoms with Gasteiger partial charge in [0.15, 0.2) is 0 Å². The maximum atomic E-state index is 14.1. The van der Waals surface area contributed by atoms with Crippen LogP contribution in [0.3, 0.4) is 0 Å². The van der Waals surface area contributed by atoms with Crippen LogP contribution in [0.25, 0.3) is 22.3 Å². The predicted molar refractivity (Wildman–Crippen MR) is 104 cm³/mol. The Morgan fingerprint density at radius 3 is 1.62 bits per heavy atom. The summed E-state index contributed by atoms with van der Waals surface area (Å²) in [6.07, 6.45) is -2.73. The van der Waals surface area contributed by atoms with Crippen molar-refractivity contribution < 1.29 is 22.0 Å². The first-order chi connectivity index (χ1) is 13.8. The van der Waals surface area contributed by atoms with E-state index in [9.17, 15) is 22.0 Å². The summed E-state index contributed by atoms with van der Waals surface area (Å²) >= 11 is 0. The van der Waals surface area contributed by atoms with Crippen molar-refractivity contribution in [2.45, 2.75) is 25.9 Å². The largest absolute Gasteiger partial charge is 0.458 e. The van der Waals surface area contributed by atoms with Gasteiger partial charge < -0.3 is 0 Å². The fraction of sp³-hybridized carbons (Fsp3) is 0.167. The normalized spacial score (nSPS) is 11.1. The van der Waals surface area contributed by atoms with E-state index in [1.807, 2.05) is 24.3 Å². The highest BCUT2D eigenvalue weighted by Gasteiger charge is 2.23. The molecule has 0 heterocycles. The third-order valence-electron chi connectivity index (χ3n) is 4.42. The van der Waals surface area contributed by atoms with Crippen LogP contribution in [0.2, 0.25) is 0 Å². The van der Waals surface area contributed by atoms with E-state index >= 15 is 0 Å². The number of aryl methyl sites for hydroxylation is 1. The molecule has 0 radical (unpaired) electrons. The van der Waals surface area contributed by atoms with Gasteiger partial charge in [-0.1, -0.05) is 67.8 Å². The van der Waals surface area contributed by atoms with E-state index in [1.165, 1.54) is 11.5 Å². The van der Waals surface area contributed by atoms with Crippen LogP contribution in [0.4, 0.5) is 22.0 Å². The lowest BCUT2D eigenvalue weighted by Crippen LogP contribution is -2.02. The van der Waals surface area contributed by atoms with Gasteiger partial charge in [-0.05, 0) is 46.4 Å². The van der Waals surface area contributed by atoms with Crippen molar-refractivity contribution >= 4 is 0 Å². The van der Waals surface area contributed by atoms with E-state index in [2.05, 4.69) is 19.1 Å². The summed E-state index contributed by atoms with van der Waals surface area (Å²) in [7, 11) is 0. The van der Waals surface area contributed by atoms with Gasteiger partial charge in [0.25, 0.3) is 0 Å². The Balaban J connectivity index is 1.87. The molecule has 0 aromatic heterocycles. The molecule has 0 amide bonds. The van der Waals surface area contributed by atoms with Crippen LogP contribution in [-0.2, 0) is 6.42 Å². The second kappa shape index (κ2) is 8.48. The highest BCUT2D eigenvalue weighted by Crippen LogP contribution is 2.28. The molecule has 0 unspecified atom stereocenters. The molecule has 148 valence electrons. The lowest BCUT2D eigenvalue weighted by molar-refractivity contribution is -0.0696. The molecule has 0 bridgehead atoms. The minimum Gasteiger partial charge on any atom is -0.205 e. The molecule has 0 aliphatic carbocycles. The fourth-order valence-corrected chi connectivity index (χ4v) is 3.00. The van der Waals surface area contributed by atoms with Crippen LogP contribution in [-0.4, -0.2) is 6.18 Å². The highest BCUT2D eigenvalue weighted by atomic mass is 19.4. The molecular weight excluding hydrogens is 383 g/mol. The first-order valence-corrected chi connectivity index (χ1v) is 9.05.